The van der Waals surface area contributed by atoms with E-state index in [1.54, 1.807) is 18.5 Å². The molecule has 1 rings (SSSR count). The molecule has 0 amide bonds. The standard InChI is InChI=1S/C11H17NO3/c1-2-5-14-6-7-15-11-8-12-4-3-10(11)9-13/h3-4,8,13H,2,5-7,9H2,1H3. The maximum atomic E-state index is 9.02. The van der Waals surface area contributed by atoms with E-state index in [9.17, 15) is 0 Å². The first kappa shape index (κ1) is 11.9. The van der Waals surface area contributed by atoms with Crippen LogP contribution in [0.3, 0.4) is 0 Å². The minimum Gasteiger partial charge on any atom is -0.489 e. The smallest absolute Gasteiger partial charge is 0.143 e. The molecular formula is C11H17NO3. The summed E-state index contributed by atoms with van der Waals surface area (Å²) in [7, 11) is 0. The lowest BCUT2D eigenvalue weighted by Crippen LogP contribution is -2.08. The van der Waals surface area contributed by atoms with Crippen molar-refractivity contribution in [3.05, 3.63) is 24.0 Å². The van der Waals surface area contributed by atoms with Crippen molar-refractivity contribution >= 4 is 0 Å². The van der Waals surface area contributed by atoms with Crippen LogP contribution in [-0.2, 0) is 11.3 Å². The van der Waals surface area contributed by atoms with Gasteiger partial charge in [-0.15, -0.1) is 0 Å². The van der Waals surface area contributed by atoms with Gasteiger partial charge < -0.3 is 14.6 Å². The number of nitrogens with zero attached hydrogens (tertiary/aromatic N) is 1. The number of aliphatic hydroxyl groups excluding tert-OH is 1. The molecule has 0 atom stereocenters. The second-order valence-corrected chi connectivity index (χ2v) is 3.10. The summed E-state index contributed by atoms with van der Waals surface area (Å²) in [5.41, 5.74) is 0.750. The van der Waals surface area contributed by atoms with Crippen LogP contribution in [0.15, 0.2) is 18.5 Å². The number of hydrogen-bond donors (Lipinski definition) is 1. The van der Waals surface area contributed by atoms with Gasteiger partial charge in [0, 0.05) is 18.4 Å². The van der Waals surface area contributed by atoms with Crippen molar-refractivity contribution in [2.24, 2.45) is 0 Å². The van der Waals surface area contributed by atoms with E-state index in [0.717, 1.165) is 18.6 Å². The molecule has 0 saturated carbocycles. The highest BCUT2D eigenvalue weighted by Crippen LogP contribution is 2.15. The van der Waals surface area contributed by atoms with Gasteiger partial charge in [0.25, 0.3) is 0 Å². The van der Waals surface area contributed by atoms with E-state index >= 15 is 0 Å². The number of pyridine rings is 1. The highest BCUT2D eigenvalue weighted by molar-refractivity contribution is 5.28. The molecule has 0 fully saturated rings. The predicted molar refractivity (Wildman–Crippen MR) is 56.8 cm³/mol. The van der Waals surface area contributed by atoms with Gasteiger partial charge in [0.2, 0.25) is 0 Å². The van der Waals surface area contributed by atoms with Crippen molar-refractivity contribution in [3.63, 3.8) is 0 Å². The molecule has 15 heavy (non-hydrogen) atoms. The number of ether oxygens (including phenoxy) is 2. The second-order valence-electron chi connectivity index (χ2n) is 3.10. The molecule has 0 bridgehead atoms. The van der Waals surface area contributed by atoms with Crippen LogP contribution in [0, 0.1) is 0 Å². The average molecular weight is 211 g/mol. The van der Waals surface area contributed by atoms with Crippen LogP contribution in [0.4, 0.5) is 0 Å². The van der Waals surface area contributed by atoms with Crippen LogP contribution >= 0.6 is 0 Å². The number of rotatable bonds is 7. The molecule has 0 radical (unpaired) electrons. The predicted octanol–water partition coefficient (Wildman–Crippen LogP) is 1.38. The molecule has 1 aromatic rings. The first-order chi connectivity index (χ1) is 7.38. The summed E-state index contributed by atoms with van der Waals surface area (Å²) in [5, 5.41) is 9.02. The third-order valence-electron chi connectivity index (χ3n) is 1.87. The van der Waals surface area contributed by atoms with Crippen molar-refractivity contribution in [3.8, 4) is 5.75 Å². The van der Waals surface area contributed by atoms with Crippen molar-refractivity contribution in [2.75, 3.05) is 19.8 Å². The minimum atomic E-state index is -0.0341. The lowest BCUT2D eigenvalue weighted by Gasteiger charge is -2.09. The molecule has 4 heteroatoms. The van der Waals surface area contributed by atoms with Gasteiger partial charge >= 0.3 is 0 Å². The van der Waals surface area contributed by atoms with Gasteiger partial charge in [-0.2, -0.15) is 0 Å². The van der Waals surface area contributed by atoms with E-state index in [-0.39, 0.29) is 6.61 Å². The zero-order valence-electron chi connectivity index (χ0n) is 8.98. The molecule has 0 saturated heterocycles. The summed E-state index contributed by atoms with van der Waals surface area (Å²) < 4.78 is 10.7. The highest BCUT2D eigenvalue weighted by Gasteiger charge is 2.01. The summed E-state index contributed by atoms with van der Waals surface area (Å²) in [5.74, 6) is 0.625. The highest BCUT2D eigenvalue weighted by atomic mass is 16.5. The Morgan fingerprint density at radius 3 is 2.93 bits per heavy atom. The van der Waals surface area contributed by atoms with E-state index < -0.39 is 0 Å². The van der Waals surface area contributed by atoms with Gasteiger partial charge in [0.1, 0.15) is 12.4 Å². The van der Waals surface area contributed by atoms with E-state index in [0.29, 0.717) is 19.0 Å². The van der Waals surface area contributed by atoms with Crippen molar-refractivity contribution in [2.45, 2.75) is 20.0 Å². The maximum Gasteiger partial charge on any atom is 0.143 e. The fourth-order valence-corrected chi connectivity index (χ4v) is 1.13. The van der Waals surface area contributed by atoms with Crippen LogP contribution in [0.1, 0.15) is 18.9 Å². The monoisotopic (exact) mass is 211 g/mol. The molecule has 0 unspecified atom stereocenters. The third-order valence-corrected chi connectivity index (χ3v) is 1.87. The molecule has 4 nitrogen and oxygen atoms in total. The van der Waals surface area contributed by atoms with E-state index in [1.807, 2.05) is 0 Å². The van der Waals surface area contributed by atoms with Crippen molar-refractivity contribution < 1.29 is 14.6 Å². The molecule has 0 spiro atoms. The molecule has 0 aromatic carbocycles. The molecule has 1 aromatic heterocycles. The summed E-state index contributed by atoms with van der Waals surface area (Å²) in [6.07, 6.45) is 4.24. The molecule has 1 N–H and O–H groups in total. The first-order valence-corrected chi connectivity index (χ1v) is 5.12. The summed E-state index contributed by atoms with van der Waals surface area (Å²) in [6, 6.07) is 1.74. The van der Waals surface area contributed by atoms with Gasteiger partial charge in [0.15, 0.2) is 0 Å². The Labute approximate surface area is 89.9 Å². The second kappa shape index (κ2) is 7.20. The van der Waals surface area contributed by atoms with Gasteiger partial charge in [-0.05, 0) is 12.5 Å². The van der Waals surface area contributed by atoms with Crippen LogP contribution in [0.25, 0.3) is 0 Å². The summed E-state index contributed by atoms with van der Waals surface area (Å²) in [4.78, 5) is 3.93. The van der Waals surface area contributed by atoms with Gasteiger partial charge in [-0.25, -0.2) is 0 Å². The fourth-order valence-electron chi connectivity index (χ4n) is 1.13. The molecule has 1 heterocycles. The fraction of sp³-hybridized carbons (Fsp3) is 0.545. The van der Waals surface area contributed by atoms with E-state index in [2.05, 4.69) is 11.9 Å². The Morgan fingerprint density at radius 1 is 1.33 bits per heavy atom. The Balaban J connectivity index is 2.30. The SMILES string of the molecule is CCCOCCOc1cnccc1CO. The molecular weight excluding hydrogens is 194 g/mol. The number of hydrogen-bond acceptors (Lipinski definition) is 4. The molecule has 0 aliphatic rings. The van der Waals surface area contributed by atoms with Gasteiger partial charge in [0.05, 0.1) is 19.4 Å². The van der Waals surface area contributed by atoms with Gasteiger partial charge in [-0.1, -0.05) is 6.92 Å². The van der Waals surface area contributed by atoms with Gasteiger partial charge in [-0.3, -0.25) is 4.98 Å². The number of aromatic nitrogens is 1. The van der Waals surface area contributed by atoms with Crippen LogP contribution in [0.2, 0.25) is 0 Å². The summed E-state index contributed by atoms with van der Waals surface area (Å²) >= 11 is 0. The largest absolute Gasteiger partial charge is 0.489 e. The Morgan fingerprint density at radius 2 is 2.20 bits per heavy atom. The number of aliphatic hydroxyl groups is 1. The Hall–Kier alpha value is -1.13. The van der Waals surface area contributed by atoms with Crippen molar-refractivity contribution in [1.82, 2.24) is 4.98 Å². The lowest BCUT2D eigenvalue weighted by molar-refractivity contribution is 0.0995. The normalized spacial score (nSPS) is 10.3. The maximum absolute atomic E-state index is 9.02. The van der Waals surface area contributed by atoms with E-state index in [4.69, 9.17) is 14.6 Å². The average Bonchev–Trinajstić information content (AvgIpc) is 2.29. The Kier molecular flexibility index (Phi) is 5.73. The lowest BCUT2D eigenvalue weighted by atomic mass is 10.2. The quantitative estimate of drug-likeness (QED) is 0.692. The zero-order chi connectivity index (χ0) is 10.9. The first-order valence-electron chi connectivity index (χ1n) is 5.12. The van der Waals surface area contributed by atoms with Crippen LogP contribution in [0.5, 0.6) is 5.75 Å². The van der Waals surface area contributed by atoms with Crippen LogP contribution in [-0.4, -0.2) is 29.9 Å². The van der Waals surface area contributed by atoms with E-state index in [1.165, 1.54) is 0 Å². The summed E-state index contributed by atoms with van der Waals surface area (Å²) in [6.45, 7) is 3.83. The minimum absolute atomic E-state index is 0.0341. The molecule has 0 aliphatic heterocycles. The Bertz CT molecular complexity index is 278. The van der Waals surface area contributed by atoms with Crippen LogP contribution < -0.4 is 4.74 Å². The molecule has 84 valence electrons. The molecule has 0 aliphatic carbocycles. The zero-order valence-corrected chi connectivity index (χ0v) is 8.98. The topological polar surface area (TPSA) is 51.6 Å². The third kappa shape index (κ3) is 4.27. The van der Waals surface area contributed by atoms with Crippen molar-refractivity contribution in [1.29, 1.82) is 0 Å².